The molecule has 2 aromatic carbocycles. The molecule has 3 aromatic rings. The molecule has 96 valence electrons. The first-order valence-electron chi connectivity index (χ1n) is 6.72. The second kappa shape index (κ2) is 6.85. The van der Waals surface area contributed by atoms with Crippen LogP contribution in [0.2, 0.25) is 0 Å². The third-order valence-corrected chi connectivity index (χ3v) is 2.53. The van der Waals surface area contributed by atoms with Gasteiger partial charge in [0, 0.05) is 10.8 Å². The Hall–Kier alpha value is -1.76. The van der Waals surface area contributed by atoms with E-state index in [9.17, 15) is 0 Å². The molecule has 1 heterocycles. The highest BCUT2D eigenvalue weighted by Crippen LogP contribution is 2.28. The van der Waals surface area contributed by atoms with Crippen LogP contribution >= 0.6 is 0 Å². The molecule has 0 unspecified atom stereocenters. The minimum absolute atomic E-state index is 0.966. The molecule has 0 bridgehead atoms. The zero-order valence-electron chi connectivity index (χ0n) is 11.9. The molecular formula is C17H22O. The number of para-hydroxylation sites is 1. The van der Waals surface area contributed by atoms with Crippen molar-refractivity contribution in [2.75, 3.05) is 0 Å². The van der Waals surface area contributed by atoms with Crippen molar-refractivity contribution in [3.05, 3.63) is 48.0 Å². The Bertz CT molecular complexity index is 605. The Kier molecular flexibility index (Phi) is 5.44. The summed E-state index contributed by atoms with van der Waals surface area (Å²) in [7, 11) is 0. The van der Waals surface area contributed by atoms with Gasteiger partial charge in [0.15, 0.2) is 0 Å². The van der Waals surface area contributed by atoms with Crippen LogP contribution in [0.5, 0.6) is 0 Å². The van der Waals surface area contributed by atoms with E-state index in [2.05, 4.69) is 31.2 Å². The van der Waals surface area contributed by atoms with E-state index in [1.807, 2.05) is 45.9 Å². The Labute approximate surface area is 109 Å². The van der Waals surface area contributed by atoms with E-state index in [0.717, 1.165) is 11.2 Å². The Balaban J connectivity index is 0.000000371. The maximum atomic E-state index is 5.73. The third-order valence-electron chi connectivity index (χ3n) is 2.53. The number of rotatable bonds is 0. The van der Waals surface area contributed by atoms with Gasteiger partial charge < -0.3 is 4.42 Å². The van der Waals surface area contributed by atoms with Gasteiger partial charge in [0.25, 0.3) is 0 Å². The van der Waals surface area contributed by atoms with Gasteiger partial charge >= 0.3 is 0 Å². The fraction of sp³-hybridized carbons (Fsp3) is 0.294. The quantitative estimate of drug-likeness (QED) is 0.475. The topological polar surface area (TPSA) is 13.1 Å². The molecule has 0 fully saturated rings. The van der Waals surface area contributed by atoms with Crippen molar-refractivity contribution in [2.45, 2.75) is 34.6 Å². The second-order valence-electron chi connectivity index (χ2n) is 3.60. The van der Waals surface area contributed by atoms with Gasteiger partial charge in [-0.05, 0) is 24.6 Å². The summed E-state index contributed by atoms with van der Waals surface area (Å²) in [6, 6.07) is 14.5. The smallest absolute Gasteiger partial charge is 0.135 e. The molecule has 1 aromatic heterocycles. The van der Waals surface area contributed by atoms with Crippen molar-refractivity contribution in [3.63, 3.8) is 0 Å². The van der Waals surface area contributed by atoms with Gasteiger partial charge in [0.1, 0.15) is 11.2 Å². The molecule has 1 heteroatoms. The first kappa shape index (κ1) is 14.3. The van der Waals surface area contributed by atoms with Crippen molar-refractivity contribution in [2.24, 2.45) is 0 Å². The summed E-state index contributed by atoms with van der Waals surface area (Å²) < 4.78 is 5.73. The van der Waals surface area contributed by atoms with Crippen molar-refractivity contribution in [1.82, 2.24) is 0 Å². The lowest BCUT2D eigenvalue weighted by molar-refractivity contribution is 0.668. The van der Waals surface area contributed by atoms with Crippen LogP contribution in [-0.4, -0.2) is 0 Å². The lowest BCUT2D eigenvalue weighted by atomic mass is 10.1. The lowest BCUT2D eigenvalue weighted by Crippen LogP contribution is -1.69. The highest BCUT2D eigenvalue weighted by molar-refractivity contribution is 6.04. The lowest BCUT2D eigenvalue weighted by Gasteiger charge is -1.90. The molecule has 0 saturated heterocycles. The molecule has 0 amide bonds. The van der Waals surface area contributed by atoms with E-state index >= 15 is 0 Å². The van der Waals surface area contributed by atoms with E-state index in [1.165, 1.54) is 16.3 Å². The normalized spacial score (nSPS) is 9.39. The number of furan rings is 1. The summed E-state index contributed by atoms with van der Waals surface area (Å²) in [5, 5.41) is 2.40. The highest BCUT2D eigenvalue weighted by Gasteiger charge is 2.04. The maximum absolute atomic E-state index is 5.73. The second-order valence-corrected chi connectivity index (χ2v) is 3.60. The van der Waals surface area contributed by atoms with Crippen molar-refractivity contribution >= 4 is 21.9 Å². The van der Waals surface area contributed by atoms with Crippen LogP contribution in [0.15, 0.2) is 46.9 Å². The van der Waals surface area contributed by atoms with E-state index in [4.69, 9.17) is 4.42 Å². The van der Waals surface area contributed by atoms with Crippen LogP contribution in [-0.2, 0) is 0 Å². The molecular weight excluding hydrogens is 220 g/mol. The predicted octanol–water partition coefficient (Wildman–Crippen LogP) is 5.95. The maximum Gasteiger partial charge on any atom is 0.135 e. The summed E-state index contributed by atoms with van der Waals surface area (Å²) >= 11 is 0. The highest BCUT2D eigenvalue weighted by atomic mass is 16.3. The van der Waals surface area contributed by atoms with Crippen LogP contribution in [0.4, 0.5) is 0 Å². The Morgan fingerprint density at radius 1 is 0.722 bits per heavy atom. The fourth-order valence-electron chi connectivity index (χ4n) is 1.83. The molecule has 0 aliphatic rings. The van der Waals surface area contributed by atoms with Crippen LogP contribution < -0.4 is 0 Å². The number of hydrogen-bond donors (Lipinski definition) is 0. The summed E-state index contributed by atoms with van der Waals surface area (Å²) in [6.45, 7) is 10.1. The van der Waals surface area contributed by atoms with Gasteiger partial charge in [-0.15, -0.1) is 0 Å². The Morgan fingerprint density at radius 2 is 1.33 bits per heavy atom. The average Bonchev–Trinajstić information content (AvgIpc) is 2.80. The number of benzene rings is 2. The van der Waals surface area contributed by atoms with Crippen LogP contribution in [0, 0.1) is 6.92 Å². The standard InChI is InChI=1S/C13H10O.2C2H6/c1-9-6-7-11-10-4-2-3-5-12(10)14-13(11)8-9;2*1-2/h2-8H,1H3;2*1-2H3. The molecule has 1 nitrogen and oxygen atoms in total. The summed E-state index contributed by atoms with van der Waals surface area (Å²) in [5.74, 6) is 0. The van der Waals surface area contributed by atoms with Crippen LogP contribution in [0.1, 0.15) is 33.3 Å². The summed E-state index contributed by atoms with van der Waals surface area (Å²) in [4.78, 5) is 0. The summed E-state index contributed by atoms with van der Waals surface area (Å²) in [5.41, 5.74) is 3.18. The zero-order valence-corrected chi connectivity index (χ0v) is 11.9. The summed E-state index contributed by atoms with van der Waals surface area (Å²) in [6.07, 6.45) is 0. The molecule has 0 saturated carbocycles. The SMILES string of the molecule is CC.CC.Cc1ccc2c(c1)oc1ccccc12. The average molecular weight is 242 g/mol. The number of fused-ring (bicyclic) bond motifs is 3. The van der Waals surface area contributed by atoms with Gasteiger partial charge in [-0.1, -0.05) is 58.0 Å². The van der Waals surface area contributed by atoms with Gasteiger partial charge in [0.05, 0.1) is 0 Å². The third kappa shape index (κ3) is 2.73. The van der Waals surface area contributed by atoms with Gasteiger partial charge in [0.2, 0.25) is 0 Å². The van der Waals surface area contributed by atoms with E-state index in [-0.39, 0.29) is 0 Å². The largest absolute Gasteiger partial charge is 0.456 e. The van der Waals surface area contributed by atoms with E-state index < -0.39 is 0 Å². The van der Waals surface area contributed by atoms with Crippen LogP contribution in [0.3, 0.4) is 0 Å². The number of aryl methyl sites for hydroxylation is 1. The van der Waals surface area contributed by atoms with Crippen molar-refractivity contribution in [1.29, 1.82) is 0 Å². The number of hydrogen-bond acceptors (Lipinski definition) is 1. The predicted molar refractivity (Wildman–Crippen MR) is 81.2 cm³/mol. The molecule has 0 atom stereocenters. The molecule has 0 radical (unpaired) electrons. The van der Waals surface area contributed by atoms with Gasteiger partial charge in [-0.2, -0.15) is 0 Å². The zero-order chi connectivity index (χ0) is 13.5. The first-order chi connectivity index (χ1) is 8.84. The Morgan fingerprint density at radius 3 is 2.06 bits per heavy atom. The van der Waals surface area contributed by atoms with Crippen molar-refractivity contribution in [3.8, 4) is 0 Å². The molecule has 3 rings (SSSR count). The minimum Gasteiger partial charge on any atom is -0.456 e. The molecule has 18 heavy (non-hydrogen) atoms. The van der Waals surface area contributed by atoms with E-state index in [0.29, 0.717) is 0 Å². The van der Waals surface area contributed by atoms with E-state index in [1.54, 1.807) is 0 Å². The van der Waals surface area contributed by atoms with Crippen molar-refractivity contribution < 1.29 is 4.42 Å². The van der Waals surface area contributed by atoms with Gasteiger partial charge in [-0.3, -0.25) is 0 Å². The van der Waals surface area contributed by atoms with Crippen LogP contribution in [0.25, 0.3) is 21.9 Å². The minimum atomic E-state index is 0.966. The molecule has 0 N–H and O–H groups in total. The molecule has 0 spiro atoms. The molecule has 0 aliphatic carbocycles. The van der Waals surface area contributed by atoms with Gasteiger partial charge in [-0.25, -0.2) is 0 Å². The first-order valence-corrected chi connectivity index (χ1v) is 6.72. The monoisotopic (exact) mass is 242 g/mol. The fourth-order valence-corrected chi connectivity index (χ4v) is 1.83. The molecule has 0 aliphatic heterocycles.